The highest BCUT2D eigenvalue weighted by molar-refractivity contribution is 7.80. The summed E-state index contributed by atoms with van der Waals surface area (Å²) in [6.45, 7) is 11.1. The Hall–Kier alpha value is -1.62. The monoisotopic (exact) mass is 350 g/mol. The van der Waals surface area contributed by atoms with Crippen molar-refractivity contribution < 1.29 is 9.53 Å². The van der Waals surface area contributed by atoms with E-state index in [2.05, 4.69) is 50.5 Å². The Morgan fingerprint density at radius 3 is 2.42 bits per heavy atom. The van der Waals surface area contributed by atoms with Crippen LogP contribution < -0.4 is 15.4 Å². The predicted molar refractivity (Wildman–Crippen MR) is 104 cm³/mol. The third-order valence-electron chi connectivity index (χ3n) is 3.78. The Kier molecular flexibility index (Phi) is 8.19. The first-order valence-corrected chi connectivity index (χ1v) is 8.97. The standard InChI is InChI=1S/C19H30N2O2S/c1-6-14(2)20-18(24)21-17(22)8-7-13-23-16-11-9-15(10-12-16)19(3,4)5/h9-12,14H,6-8,13H2,1-5H3,(H2,20,21,22,24). The van der Waals surface area contributed by atoms with Gasteiger partial charge in [0.05, 0.1) is 6.61 Å². The molecule has 24 heavy (non-hydrogen) atoms. The van der Waals surface area contributed by atoms with E-state index >= 15 is 0 Å². The zero-order valence-electron chi connectivity index (χ0n) is 15.4. The first kappa shape index (κ1) is 20.4. The van der Waals surface area contributed by atoms with E-state index in [9.17, 15) is 4.79 Å². The molecule has 0 aliphatic rings. The number of amides is 1. The van der Waals surface area contributed by atoms with Crippen molar-refractivity contribution in [2.45, 2.75) is 65.3 Å². The van der Waals surface area contributed by atoms with Crippen LogP contribution in [0.5, 0.6) is 5.75 Å². The van der Waals surface area contributed by atoms with Crippen LogP contribution in [-0.2, 0) is 10.2 Å². The molecule has 2 N–H and O–H groups in total. The molecule has 0 spiro atoms. The average Bonchev–Trinajstić information content (AvgIpc) is 2.50. The molecule has 1 atom stereocenters. The SMILES string of the molecule is CCC(C)NC(=S)NC(=O)CCCOc1ccc(C(C)(C)C)cc1. The number of carbonyl (C=O) groups excluding carboxylic acids is 1. The molecule has 1 aromatic carbocycles. The van der Waals surface area contributed by atoms with E-state index in [1.54, 1.807) is 0 Å². The maximum atomic E-state index is 11.8. The lowest BCUT2D eigenvalue weighted by molar-refractivity contribution is -0.119. The molecule has 1 amide bonds. The summed E-state index contributed by atoms with van der Waals surface area (Å²) in [5.41, 5.74) is 1.41. The van der Waals surface area contributed by atoms with Crippen LogP contribution >= 0.6 is 12.2 Å². The van der Waals surface area contributed by atoms with Gasteiger partial charge < -0.3 is 15.4 Å². The van der Waals surface area contributed by atoms with Crippen LogP contribution in [0.15, 0.2) is 24.3 Å². The minimum absolute atomic E-state index is 0.0810. The number of benzene rings is 1. The summed E-state index contributed by atoms with van der Waals surface area (Å²) in [5.74, 6) is 0.750. The second-order valence-corrected chi connectivity index (χ2v) is 7.47. The second-order valence-electron chi connectivity index (χ2n) is 7.06. The maximum Gasteiger partial charge on any atom is 0.226 e. The van der Waals surface area contributed by atoms with Gasteiger partial charge in [0.25, 0.3) is 0 Å². The lowest BCUT2D eigenvalue weighted by Crippen LogP contribution is -2.43. The van der Waals surface area contributed by atoms with Gasteiger partial charge in [-0.2, -0.15) is 0 Å². The first-order chi connectivity index (χ1) is 11.2. The van der Waals surface area contributed by atoms with Crippen molar-refractivity contribution in [2.75, 3.05) is 6.61 Å². The van der Waals surface area contributed by atoms with Crippen LogP contribution in [0, 0.1) is 0 Å². The Bertz CT molecular complexity index is 535. The first-order valence-electron chi connectivity index (χ1n) is 8.56. The average molecular weight is 351 g/mol. The third-order valence-corrected chi connectivity index (χ3v) is 4.00. The molecular formula is C19H30N2O2S. The van der Waals surface area contributed by atoms with Gasteiger partial charge in [0.1, 0.15) is 5.75 Å². The van der Waals surface area contributed by atoms with Gasteiger partial charge in [-0.3, -0.25) is 4.79 Å². The van der Waals surface area contributed by atoms with E-state index in [1.165, 1.54) is 5.56 Å². The largest absolute Gasteiger partial charge is 0.494 e. The highest BCUT2D eigenvalue weighted by atomic mass is 32.1. The molecule has 0 aliphatic carbocycles. The van der Waals surface area contributed by atoms with Gasteiger partial charge in [0.2, 0.25) is 5.91 Å². The summed E-state index contributed by atoms with van der Waals surface area (Å²) < 4.78 is 5.68. The van der Waals surface area contributed by atoms with Crippen molar-refractivity contribution in [2.24, 2.45) is 0 Å². The molecule has 0 aromatic heterocycles. The Morgan fingerprint density at radius 2 is 1.88 bits per heavy atom. The zero-order valence-corrected chi connectivity index (χ0v) is 16.3. The van der Waals surface area contributed by atoms with Crippen molar-refractivity contribution in [1.82, 2.24) is 10.6 Å². The van der Waals surface area contributed by atoms with Crippen molar-refractivity contribution in [3.63, 3.8) is 0 Å². The topological polar surface area (TPSA) is 50.4 Å². The molecule has 1 aromatic rings. The Balaban J connectivity index is 2.26. The van der Waals surface area contributed by atoms with Gasteiger partial charge in [-0.25, -0.2) is 0 Å². The molecule has 0 saturated heterocycles. The van der Waals surface area contributed by atoms with Crippen LogP contribution in [0.25, 0.3) is 0 Å². The summed E-state index contributed by atoms with van der Waals surface area (Å²) in [6.07, 6.45) is 2.00. The number of rotatable bonds is 7. The van der Waals surface area contributed by atoms with Gasteiger partial charge in [0.15, 0.2) is 5.11 Å². The number of nitrogens with one attached hydrogen (secondary N) is 2. The predicted octanol–water partition coefficient (Wildman–Crippen LogP) is 3.93. The minimum Gasteiger partial charge on any atom is -0.494 e. The number of hydrogen-bond donors (Lipinski definition) is 2. The fourth-order valence-electron chi connectivity index (χ4n) is 2.02. The van der Waals surface area contributed by atoms with Crippen LogP contribution in [0.2, 0.25) is 0 Å². The molecule has 1 rings (SSSR count). The molecule has 0 bridgehead atoms. The molecule has 1 unspecified atom stereocenters. The van der Waals surface area contributed by atoms with E-state index in [0.29, 0.717) is 24.6 Å². The summed E-state index contributed by atoms with van der Waals surface area (Å²) in [5, 5.41) is 6.15. The van der Waals surface area contributed by atoms with Crippen LogP contribution in [0.1, 0.15) is 59.4 Å². The number of ether oxygens (including phenoxy) is 1. The van der Waals surface area contributed by atoms with Crippen LogP contribution in [0.4, 0.5) is 0 Å². The Morgan fingerprint density at radius 1 is 1.25 bits per heavy atom. The molecule has 134 valence electrons. The number of thiocarbonyl (C=S) groups is 1. The molecular weight excluding hydrogens is 320 g/mol. The molecule has 4 nitrogen and oxygen atoms in total. The van der Waals surface area contributed by atoms with E-state index in [1.807, 2.05) is 19.1 Å². The van der Waals surface area contributed by atoms with Gasteiger partial charge in [-0.1, -0.05) is 39.8 Å². The van der Waals surface area contributed by atoms with Gasteiger partial charge in [-0.15, -0.1) is 0 Å². The van der Waals surface area contributed by atoms with E-state index in [-0.39, 0.29) is 17.4 Å². The molecule has 0 aliphatic heterocycles. The van der Waals surface area contributed by atoms with E-state index in [4.69, 9.17) is 17.0 Å². The highest BCUT2D eigenvalue weighted by Crippen LogP contribution is 2.24. The summed E-state index contributed by atoms with van der Waals surface area (Å²) >= 11 is 5.10. The molecule has 0 heterocycles. The van der Waals surface area contributed by atoms with Gasteiger partial charge >= 0.3 is 0 Å². The normalized spacial score (nSPS) is 12.4. The van der Waals surface area contributed by atoms with Crippen molar-refractivity contribution in [1.29, 1.82) is 0 Å². The van der Waals surface area contributed by atoms with Gasteiger partial charge in [-0.05, 0) is 55.1 Å². The van der Waals surface area contributed by atoms with Gasteiger partial charge in [0, 0.05) is 12.5 Å². The quantitative estimate of drug-likeness (QED) is 0.578. The fraction of sp³-hybridized carbons (Fsp3) is 0.579. The van der Waals surface area contributed by atoms with Crippen molar-refractivity contribution >= 4 is 23.2 Å². The molecule has 0 saturated carbocycles. The van der Waals surface area contributed by atoms with E-state index in [0.717, 1.165) is 12.2 Å². The van der Waals surface area contributed by atoms with Crippen molar-refractivity contribution in [3.8, 4) is 5.75 Å². The molecule has 0 fully saturated rings. The third kappa shape index (κ3) is 7.77. The summed E-state index contributed by atoms with van der Waals surface area (Å²) in [7, 11) is 0. The maximum absolute atomic E-state index is 11.8. The zero-order chi connectivity index (χ0) is 18.2. The fourth-order valence-corrected chi connectivity index (χ4v) is 2.34. The molecule has 0 radical (unpaired) electrons. The van der Waals surface area contributed by atoms with Crippen LogP contribution in [0.3, 0.4) is 0 Å². The second kappa shape index (κ2) is 9.62. The smallest absolute Gasteiger partial charge is 0.226 e. The van der Waals surface area contributed by atoms with Crippen LogP contribution in [-0.4, -0.2) is 23.7 Å². The van der Waals surface area contributed by atoms with Crippen molar-refractivity contribution in [3.05, 3.63) is 29.8 Å². The molecule has 5 heteroatoms. The Labute approximate surface area is 151 Å². The highest BCUT2D eigenvalue weighted by Gasteiger charge is 2.13. The van der Waals surface area contributed by atoms with E-state index < -0.39 is 0 Å². The summed E-state index contributed by atoms with van der Waals surface area (Å²) in [6, 6.07) is 8.39. The number of carbonyl (C=O) groups is 1. The summed E-state index contributed by atoms with van der Waals surface area (Å²) in [4.78, 5) is 11.8. The minimum atomic E-state index is -0.0810. The lowest BCUT2D eigenvalue weighted by atomic mass is 9.87. The lowest BCUT2D eigenvalue weighted by Gasteiger charge is -2.19. The number of hydrogen-bond acceptors (Lipinski definition) is 3.